The molecule has 25 heavy (non-hydrogen) atoms. The van der Waals surface area contributed by atoms with Gasteiger partial charge in [0.25, 0.3) is 5.91 Å². The molecule has 0 unspecified atom stereocenters. The highest BCUT2D eigenvalue weighted by molar-refractivity contribution is 6.40. The minimum atomic E-state index is -0.330. The van der Waals surface area contributed by atoms with E-state index in [0.29, 0.717) is 5.71 Å². The van der Waals surface area contributed by atoms with Crippen LogP contribution in [0.1, 0.15) is 57.8 Å². The second-order valence-corrected chi connectivity index (χ2v) is 7.42. The summed E-state index contributed by atoms with van der Waals surface area (Å²) < 4.78 is 0. The topological polar surface area (TPSA) is 41.5 Å². The van der Waals surface area contributed by atoms with E-state index in [0.717, 1.165) is 11.1 Å². The Morgan fingerprint density at radius 3 is 1.84 bits per heavy atom. The maximum Gasteiger partial charge on any atom is 0.266 e. The number of amides is 1. The molecule has 0 heterocycles. The number of rotatable bonds is 5. The van der Waals surface area contributed by atoms with Gasteiger partial charge in [-0.2, -0.15) is 0 Å². The minimum Gasteiger partial charge on any atom is -0.344 e. The highest BCUT2D eigenvalue weighted by atomic mass is 16.2. The summed E-state index contributed by atoms with van der Waals surface area (Å²) in [6.45, 7) is 10.1. The Kier molecular flexibility index (Phi) is 6.13. The molecule has 0 bridgehead atoms. The Morgan fingerprint density at radius 2 is 1.36 bits per heavy atom. The van der Waals surface area contributed by atoms with E-state index in [2.05, 4.69) is 5.32 Å². The first-order valence-corrected chi connectivity index (χ1v) is 8.78. The van der Waals surface area contributed by atoms with Gasteiger partial charge in [0.1, 0.15) is 5.71 Å². The molecule has 0 spiro atoms. The quantitative estimate of drug-likeness (QED) is 0.757. The SMILES string of the molecule is C[C@@H](N=C(C(=O)N[C@H](C)c1ccccc1)C(C)(C)C)c1ccccc1. The van der Waals surface area contributed by atoms with Crippen molar-refractivity contribution >= 4 is 11.6 Å². The fraction of sp³-hybridized carbons (Fsp3) is 0.364. The second-order valence-electron chi connectivity index (χ2n) is 7.42. The van der Waals surface area contributed by atoms with Gasteiger partial charge in [0.15, 0.2) is 0 Å². The summed E-state index contributed by atoms with van der Waals surface area (Å²) in [6, 6.07) is 19.9. The Balaban J connectivity index is 2.22. The van der Waals surface area contributed by atoms with Gasteiger partial charge < -0.3 is 5.32 Å². The van der Waals surface area contributed by atoms with Gasteiger partial charge in [-0.25, -0.2) is 0 Å². The third-order valence-electron chi connectivity index (χ3n) is 4.18. The molecule has 0 saturated heterocycles. The average Bonchev–Trinajstić information content (AvgIpc) is 2.59. The van der Waals surface area contributed by atoms with Crippen LogP contribution in [0.25, 0.3) is 0 Å². The van der Waals surface area contributed by atoms with Crippen LogP contribution in [0.15, 0.2) is 65.7 Å². The van der Waals surface area contributed by atoms with Crippen molar-refractivity contribution in [1.82, 2.24) is 5.32 Å². The summed E-state index contributed by atoms with van der Waals surface area (Å²) in [5, 5.41) is 3.09. The molecule has 0 aliphatic rings. The van der Waals surface area contributed by atoms with Crippen molar-refractivity contribution in [3.63, 3.8) is 0 Å². The molecule has 0 aromatic heterocycles. The Morgan fingerprint density at radius 1 is 0.880 bits per heavy atom. The number of carbonyl (C=O) groups excluding carboxylic acids is 1. The number of nitrogens with zero attached hydrogens (tertiary/aromatic N) is 1. The van der Waals surface area contributed by atoms with Gasteiger partial charge in [-0.3, -0.25) is 9.79 Å². The summed E-state index contributed by atoms with van der Waals surface area (Å²) in [5.41, 5.74) is 2.43. The fourth-order valence-corrected chi connectivity index (χ4v) is 2.68. The number of hydrogen-bond acceptors (Lipinski definition) is 2. The summed E-state index contributed by atoms with van der Waals surface area (Å²) in [6.07, 6.45) is 0. The predicted octanol–water partition coefficient (Wildman–Crippen LogP) is 5.11. The zero-order chi connectivity index (χ0) is 18.4. The lowest BCUT2D eigenvalue weighted by atomic mass is 9.88. The molecular weight excluding hydrogens is 308 g/mol. The second kappa shape index (κ2) is 8.11. The molecule has 3 heteroatoms. The standard InChI is InChI=1S/C22H28N2O/c1-16(18-12-8-6-9-13-18)23-20(22(3,4)5)21(25)24-17(2)19-14-10-7-11-15-19/h6-17H,1-5H3,(H,24,25)/t16-,17-/m1/s1. The van der Waals surface area contributed by atoms with Crippen molar-refractivity contribution in [3.8, 4) is 0 Å². The molecule has 2 aromatic carbocycles. The molecule has 0 aliphatic heterocycles. The van der Waals surface area contributed by atoms with E-state index in [1.807, 2.05) is 95.3 Å². The lowest BCUT2D eigenvalue weighted by Crippen LogP contribution is -2.40. The van der Waals surface area contributed by atoms with Crippen molar-refractivity contribution in [2.75, 3.05) is 0 Å². The largest absolute Gasteiger partial charge is 0.344 e. The van der Waals surface area contributed by atoms with Crippen LogP contribution in [0.5, 0.6) is 0 Å². The number of nitrogens with one attached hydrogen (secondary N) is 1. The zero-order valence-corrected chi connectivity index (χ0v) is 15.8. The maximum absolute atomic E-state index is 12.9. The van der Waals surface area contributed by atoms with Crippen molar-refractivity contribution in [2.45, 2.75) is 46.7 Å². The van der Waals surface area contributed by atoms with E-state index in [1.54, 1.807) is 0 Å². The van der Waals surface area contributed by atoms with E-state index in [1.165, 1.54) is 0 Å². The van der Waals surface area contributed by atoms with Gasteiger partial charge in [0, 0.05) is 5.41 Å². The van der Waals surface area contributed by atoms with Gasteiger partial charge in [0.2, 0.25) is 0 Å². The summed E-state index contributed by atoms with van der Waals surface area (Å²) >= 11 is 0. The highest BCUT2D eigenvalue weighted by Crippen LogP contribution is 2.23. The first-order valence-electron chi connectivity index (χ1n) is 8.78. The van der Waals surface area contributed by atoms with Gasteiger partial charge >= 0.3 is 0 Å². The molecule has 0 radical (unpaired) electrons. The number of benzene rings is 2. The maximum atomic E-state index is 12.9. The van der Waals surface area contributed by atoms with Crippen LogP contribution in [0.4, 0.5) is 0 Å². The summed E-state index contributed by atoms with van der Waals surface area (Å²) in [4.78, 5) is 17.7. The van der Waals surface area contributed by atoms with Crippen LogP contribution in [-0.4, -0.2) is 11.6 Å². The molecule has 0 aliphatic carbocycles. The molecule has 132 valence electrons. The van der Waals surface area contributed by atoms with E-state index in [4.69, 9.17) is 4.99 Å². The minimum absolute atomic E-state index is 0.0618. The van der Waals surface area contributed by atoms with Gasteiger partial charge in [-0.15, -0.1) is 0 Å². The van der Waals surface area contributed by atoms with E-state index in [9.17, 15) is 4.79 Å². The van der Waals surface area contributed by atoms with Crippen LogP contribution in [-0.2, 0) is 4.79 Å². The van der Waals surface area contributed by atoms with Crippen molar-refractivity contribution in [2.24, 2.45) is 10.4 Å². The molecule has 2 rings (SSSR count). The van der Waals surface area contributed by atoms with Gasteiger partial charge in [-0.05, 0) is 25.0 Å². The molecule has 1 N–H and O–H groups in total. The lowest BCUT2D eigenvalue weighted by Gasteiger charge is -2.24. The smallest absolute Gasteiger partial charge is 0.266 e. The number of hydrogen-bond donors (Lipinski definition) is 1. The molecule has 0 fully saturated rings. The van der Waals surface area contributed by atoms with Crippen molar-refractivity contribution in [1.29, 1.82) is 0 Å². The van der Waals surface area contributed by atoms with Crippen molar-refractivity contribution in [3.05, 3.63) is 71.8 Å². The molecule has 0 saturated carbocycles. The molecule has 3 nitrogen and oxygen atoms in total. The Bertz CT molecular complexity index is 715. The monoisotopic (exact) mass is 336 g/mol. The van der Waals surface area contributed by atoms with E-state index < -0.39 is 0 Å². The van der Waals surface area contributed by atoms with Gasteiger partial charge in [0.05, 0.1) is 12.1 Å². The first-order chi connectivity index (χ1) is 11.8. The molecular formula is C22H28N2O. The zero-order valence-electron chi connectivity index (χ0n) is 15.8. The van der Waals surface area contributed by atoms with Crippen LogP contribution < -0.4 is 5.32 Å². The predicted molar refractivity (Wildman–Crippen MR) is 105 cm³/mol. The lowest BCUT2D eigenvalue weighted by molar-refractivity contribution is -0.115. The number of aliphatic imine (C=N–C) groups is 1. The van der Waals surface area contributed by atoms with E-state index >= 15 is 0 Å². The highest BCUT2D eigenvalue weighted by Gasteiger charge is 2.27. The number of carbonyl (C=O) groups is 1. The Hall–Kier alpha value is -2.42. The van der Waals surface area contributed by atoms with E-state index in [-0.39, 0.29) is 23.4 Å². The van der Waals surface area contributed by atoms with Gasteiger partial charge in [-0.1, -0.05) is 81.4 Å². The third kappa shape index (κ3) is 5.28. The average molecular weight is 336 g/mol. The normalized spacial score (nSPS) is 14.7. The molecule has 2 aromatic rings. The van der Waals surface area contributed by atoms with Crippen LogP contribution in [0.2, 0.25) is 0 Å². The van der Waals surface area contributed by atoms with Crippen LogP contribution in [0, 0.1) is 5.41 Å². The van der Waals surface area contributed by atoms with Crippen LogP contribution in [0.3, 0.4) is 0 Å². The Labute approximate surface area is 151 Å². The fourth-order valence-electron chi connectivity index (χ4n) is 2.68. The first kappa shape index (κ1) is 18.9. The third-order valence-corrected chi connectivity index (χ3v) is 4.18. The van der Waals surface area contributed by atoms with Crippen LogP contribution >= 0.6 is 0 Å². The van der Waals surface area contributed by atoms with Crippen molar-refractivity contribution < 1.29 is 4.79 Å². The molecule has 1 amide bonds. The summed E-state index contributed by atoms with van der Waals surface area (Å²) in [7, 11) is 0. The molecule has 2 atom stereocenters. The summed E-state index contributed by atoms with van der Waals surface area (Å²) in [5.74, 6) is -0.105.